The molecule has 0 unspecified atom stereocenters. The van der Waals surface area contributed by atoms with Crippen molar-refractivity contribution in [3.05, 3.63) is 5.43 Å². The number of hydrogen-bond acceptors (Lipinski definition) is 3. The summed E-state index contributed by atoms with van der Waals surface area (Å²) >= 11 is 0. The minimum atomic E-state index is -0.444. The predicted octanol–water partition coefficient (Wildman–Crippen LogP) is 1.90. The van der Waals surface area contributed by atoms with Crippen LogP contribution in [0.5, 0.6) is 0 Å². The van der Waals surface area contributed by atoms with E-state index in [0.29, 0.717) is 13.0 Å². The number of likely N-dealkylation sites (tertiary alicyclic amines) is 1. The van der Waals surface area contributed by atoms with Gasteiger partial charge in [0.05, 0.1) is 6.54 Å². The smallest absolute Gasteiger partial charge is 0.240 e. The van der Waals surface area contributed by atoms with E-state index in [-0.39, 0.29) is 50.7 Å². The van der Waals surface area contributed by atoms with Gasteiger partial charge in [-0.15, -0.1) is 5.54 Å². The summed E-state index contributed by atoms with van der Waals surface area (Å²) in [7, 11) is 1.76. The van der Waals surface area contributed by atoms with Crippen molar-refractivity contribution < 1.29 is 42.3 Å². The zero-order valence-electron chi connectivity index (χ0n) is 14.9. The average Bonchev–Trinajstić information content (AvgIpc) is 2.75. The molecule has 6 nitrogen and oxygen atoms in total. The molecule has 22 heavy (non-hydrogen) atoms. The maximum Gasteiger partial charge on any atom is 0.240 e. The van der Waals surface area contributed by atoms with Gasteiger partial charge in [-0.1, -0.05) is 41.0 Å². The molecule has 1 atom stereocenters. The van der Waals surface area contributed by atoms with Crippen LogP contribution in [0.1, 0.15) is 53.9 Å². The van der Waals surface area contributed by atoms with Crippen molar-refractivity contribution in [1.82, 2.24) is 9.91 Å². The van der Waals surface area contributed by atoms with E-state index >= 15 is 0 Å². The van der Waals surface area contributed by atoms with Gasteiger partial charge in [-0.3, -0.25) is 9.59 Å². The summed E-state index contributed by atoms with van der Waals surface area (Å²) < 4.78 is 0. The fraction of sp³-hybridized carbons (Fsp3) is 0.867. The Kier molecular flexibility index (Phi) is 12.7. The van der Waals surface area contributed by atoms with Crippen LogP contribution in [0.2, 0.25) is 0 Å². The van der Waals surface area contributed by atoms with Gasteiger partial charge in [0.2, 0.25) is 11.8 Å². The molecule has 1 rings (SSSR count). The normalized spacial score (nSPS) is 17.6. The summed E-state index contributed by atoms with van der Waals surface area (Å²) in [5, 5.41) is 1.62. The summed E-state index contributed by atoms with van der Waals surface area (Å²) in [5.74, 6) is -0.511. The maximum atomic E-state index is 12.1. The summed E-state index contributed by atoms with van der Waals surface area (Å²) in [6.45, 7) is 10.9. The quantitative estimate of drug-likeness (QED) is 0.747. The van der Waals surface area contributed by atoms with Crippen molar-refractivity contribution >= 4 is 11.8 Å². The Bertz CT molecular complexity index is 345. The first-order valence-electron chi connectivity index (χ1n) is 7.65. The number of likely N-dealkylation sites (N-methyl/N-ethyl adjacent to an activating group) is 1. The molecule has 0 saturated carbocycles. The van der Waals surface area contributed by atoms with Crippen LogP contribution in [0.3, 0.4) is 0 Å². The SMILES string of the molecule is CCC.CN(CC(=O)N1CCC[C@H]1C(N)=O)[N-]C(C)(C)C.[Y]. The molecule has 1 heterocycles. The second kappa shape index (κ2) is 11.5. The molecular formula is C15H31N4O2Y-. The minimum Gasteiger partial charge on any atom is -0.589 e. The third kappa shape index (κ3) is 9.87. The van der Waals surface area contributed by atoms with Gasteiger partial charge in [0.15, 0.2) is 0 Å². The van der Waals surface area contributed by atoms with Gasteiger partial charge in [0, 0.05) is 39.3 Å². The molecule has 1 aliphatic heterocycles. The number of carbonyl (C=O) groups is 2. The standard InChI is InChI=1S/C12H23N4O2.C3H8.Y/c1-12(2,3)14-15(4)8-10(17)16-7-5-6-9(16)11(13)18;1-3-2;/h9H,5-8H2,1-4H3,(H2,13,18);3H2,1-2H3;/q-1;;/t9-;;/m0../s1. The van der Waals surface area contributed by atoms with E-state index in [1.165, 1.54) is 6.42 Å². The molecule has 127 valence electrons. The van der Waals surface area contributed by atoms with Crippen molar-refractivity contribution in [3.63, 3.8) is 0 Å². The summed E-state index contributed by atoms with van der Waals surface area (Å²) in [4.78, 5) is 24.9. The Morgan fingerprint density at radius 2 is 1.82 bits per heavy atom. The fourth-order valence-electron chi connectivity index (χ4n) is 2.20. The fourth-order valence-corrected chi connectivity index (χ4v) is 2.20. The van der Waals surface area contributed by atoms with E-state index in [2.05, 4.69) is 19.3 Å². The van der Waals surface area contributed by atoms with E-state index in [1.54, 1.807) is 17.0 Å². The number of nitrogens with two attached hydrogens (primary N) is 1. The zero-order chi connectivity index (χ0) is 16.6. The Balaban J connectivity index is 0. The Morgan fingerprint density at radius 1 is 1.32 bits per heavy atom. The van der Waals surface area contributed by atoms with Crippen LogP contribution in [-0.2, 0) is 42.3 Å². The minimum absolute atomic E-state index is 0. The first-order valence-corrected chi connectivity index (χ1v) is 7.65. The molecule has 1 fully saturated rings. The molecule has 0 aromatic heterocycles. The van der Waals surface area contributed by atoms with E-state index in [0.717, 1.165) is 6.42 Å². The number of carbonyl (C=O) groups excluding carboxylic acids is 2. The molecule has 0 spiro atoms. The third-order valence-corrected chi connectivity index (χ3v) is 2.74. The van der Waals surface area contributed by atoms with Crippen molar-refractivity contribution in [2.75, 3.05) is 20.1 Å². The first kappa shape index (κ1) is 24.2. The molecule has 0 aromatic rings. The molecular weight excluding hydrogens is 357 g/mol. The van der Waals surface area contributed by atoms with Crippen LogP contribution < -0.4 is 5.73 Å². The molecule has 2 amide bonds. The van der Waals surface area contributed by atoms with Crippen molar-refractivity contribution in [2.45, 2.75) is 65.5 Å². The summed E-state index contributed by atoms with van der Waals surface area (Å²) in [5.41, 5.74) is 9.43. The first-order chi connectivity index (χ1) is 9.62. The van der Waals surface area contributed by atoms with Crippen LogP contribution in [0.15, 0.2) is 0 Å². The van der Waals surface area contributed by atoms with Crippen molar-refractivity contribution in [2.24, 2.45) is 5.73 Å². The second-order valence-electron chi connectivity index (χ2n) is 6.44. The van der Waals surface area contributed by atoms with Gasteiger partial charge in [-0.25, -0.2) is 0 Å². The Labute approximate surface area is 160 Å². The molecule has 0 aliphatic carbocycles. The van der Waals surface area contributed by atoms with E-state index in [4.69, 9.17) is 5.73 Å². The molecule has 1 saturated heterocycles. The molecule has 0 bridgehead atoms. The number of nitrogens with zero attached hydrogens (tertiary/aromatic N) is 3. The van der Waals surface area contributed by atoms with Gasteiger partial charge in [0.1, 0.15) is 6.04 Å². The zero-order valence-corrected chi connectivity index (χ0v) is 17.8. The third-order valence-electron chi connectivity index (χ3n) is 2.74. The summed E-state index contributed by atoms with van der Waals surface area (Å²) in [6.07, 6.45) is 2.75. The van der Waals surface area contributed by atoms with Gasteiger partial charge < -0.3 is 21.1 Å². The topological polar surface area (TPSA) is 80.7 Å². The monoisotopic (exact) mass is 388 g/mol. The molecule has 1 radical (unpaired) electrons. The van der Waals surface area contributed by atoms with Crippen LogP contribution >= 0.6 is 0 Å². The number of amides is 2. The van der Waals surface area contributed by atoms with Gasteiger partial charge in [-0.05, 0) is 19.9 Å². The Morgan fingerprint density at radius 3 is 2.23 bits per heavy atom. The van der Waals surface area contributed by atoms with Gasteiger partial charge >= 0.3 is 0 Å². The van der Waals surface area contributed by atoms with Crippen LogP contribution in [0.4, 0.5) is 0 Å². The molecule has 0 aromatic carbocycles. The van der Waals surface area contributed by atoms with E-state index < -0.39 is 11.9 Å². The van der Waals surface area contributed by atoms with Crippen LogP contribution in [0.25, 0.3) is 5.43 Å². The number of rotatable bonds is 4. The number of primary amides is 1. The van der Waals surface area contributed by atoms with Crippen LogP contribution in [-0.4, -0.2) is 53.4 Å². The summed E-state index contributed by atoms with van der Waals surface area (Å²) in [6, 6.07) is -0.444. The molecule has 7 heteroatoms. The maximum absolute atomic E-state index is 12.1. The van der Waals surface area contributed by atoms with E-state index in [9.17, 15) is 9.59 Å². The second-order valence-corrected chi connectivity index (χ2v) is 6.44. The van der Waals surface area contributed by atoms with Gasteiger partial charge in [-0.2, -0.15) is 0 Å². The average molecular weight is 388 g/mol. The van der Waals surface area contributed by atoms with Crippen molar-refractivity contribution in [3.8, 4) is 0 Å². The van der Waals surface area contributed by atoms with E-state index in [1.807, 2.05) is 20.8 Å². The predicted molar refractivity (Wildman–Crippen MR) is 85.6 cm³/mol. The van der Waals surface area contributed by atoms with Crippen molar-refractivity contribution in [1.29, 1.82) is 0 Å². The Hall–Kier alpha value is -0.0361. The molecule has 1 aliphatic rings. The molecule has 2 N–H and O–H groups in total. The van der Waals surface area contributed by atoms with Gasteiger partial charge in [0.25, 0.3) is 0 Å². The largest absolute Gasteiger partial charge is 0.589 e. The number of hydrogen-bond donors (Lipinski definition) is 1. The van der Waals surface area contributed by atoms with Crippen LogP contribution in [0, 0.1) is 0 Å².